The molecule has 0 radical (unpaired) electrons. The Morgan fingerprint density at radius 2 is 1.67 bits per heavy atom. The molecule has 2 heterocycles. The Labute approximate surface area is 160 Å². The van der Waals surface area contributed by atoms with Crippen molar-refractivity contribution in [1.82, 2.24) is 14.8 Å². The van der Waals surface area contributed by atoms with Crippen molar-refractivity contribution < 1.29 is 4.74 Å². The predicted molar refractivity (Wildman–Crippen MR) is 110 cm³/mol. The van der Waals surface area contributed by atoms with E-state index in [4.69, 9.17) is 4.74 Å². The number of aryl methyl sites for hydroxylation is 3. The molecule has 1 fully saturated rings. The van der Waals surface area contributed by atoms with E-state index in [2.05, 4.69) is 46.1 Å². The van der Waals surface area contributed by atoms with Gasteiger partial charge in [-0.25, -0.2) is 0 Å². The van der Waals surface area contributed by atoms with Gasteiger partial charge in [0.15, 0.2) is 5.82 Å². The van der Waals surface area contributed by atoms with Gasteiger partial charge in [0, 0.05) is 33.9 Å². The topological polar surface area (TPSA) is 52.0 Å². The zero-order chi connectivity index (χ0) is 19.0. The van der Waals surface area contributed by atoms with Crippen LogP contribution in [0.15, 0.2) is 24.3 Å². The second-order valence-electron chi connectivity index (χ2n) is 7.44. The molecule has 1 N–H and O–H groups in total. The van der Waals surface area contributed by atoms with Gasteiger partial charge in [-0.3, -0.25) is 0 Å². The van der Waals surface area contributed by atoms with Crippen molar-refractivity contribution in [2.24, 2.45) is 0 Å². The third kappa shape index (κ3) is 3.15. The molecule has 4 rings (SSSR count). The average molecular weight is 364 g/mol. The molecule has 5 nitrogen and oxygen atoms in total. The van der Waals surface area contributed by atoms with Crippen LogP contribution in [0.4, 0.5) is 5.82 Å². The van der Waals surface area contributed by atoms with Crippen LogP contribution in [0, 0.1) is 20.8 Å². The maximum atomic E-state index is 5.59. The van der Waals surface area contributed by atoms with E-state index >= 15 is 0 Å². The molecule has 2 aromatic heterocycles. The van der Waals surface area contributed by atoms with E-state index in [1.165, 1.54) is 47.8 Å². The number of benzene rings is 1. The molecular formula is C22H28N4O. The van der Waals surface area contributed by atoms with Crippen molar-refractivity contribution in [1.29, 1.82) is 0 Å². The Bertz CT molecular complexity index is 953. The van der Waals surface area contributed by atoms with E-state index < -0.39 is 0 Å². The van der Waals surface area contributed by atoms with E-state index in [0.29, 0.717) is 12.6 Å². The fourth-order valence-corrected chi connectivity index (χ4v) is 4.40. The third-order valence-electron chi connectivity index (χ3n) is 5.64. The van der Waals surface area contributed by atoms with Crippen LogP contribution in [0.2, 0.25) is 0 Å². The molecule has 5 heteroatoms. The second-order valence-corrected chi connectivity index (χ2v) is 7.44. The summed E-state index contributed by atoms with van der Waals surface area (Å²) in [6.45, 7) is 9.07. The molecule has 3 aromatic rings. The Morgan fingerprint density at radius 3 is 2.33 bits per heavy atom. The molecule has 1 aliphatic carbocycles. The predicted octanol–water partition coefficient (Wildman–Crippen LogP) is 5.10. The van der Waals surface area contributed by atoms with Crippen molar-refractivity contribution in [2.75, 3.05) is 11.9 Å². The van der Waals surface area contributed by atoms with Gasteiger partial charge in [-0.1, -0.05) is 12.8 Å². The van der Waals surface area contributed by atoms with Crippen LogP contribution in [0.25, 0.3) is 16.5 Å². The Morgan fingerprint density at radius 1 is 1.00 bits per heavy atom. The zero-order valence-corrected chi connectivity index (χ0v) is 16.7. The number of ether oxygens (including phenoxy) is 1. The minimum atomic E-state index is 0.513. The molecule has 0 saturated heterocycles. The van der Waals surface area contributed by atoms with Crippen LogP contribution in [0.3, 0.4) is 0 Å². The molecule has 0 atom stereocenters. The second kappa shape index (κ2) is 7.22. The van der Waals surface area contributed by atoms with Gasteiger partial charge in [0.1, 0.15) is 5.75 Å². The van der Waals surface area contributed by atoms with Gasteiger partial charge in [-0.05, 0) is 64.8 Å². The standard InChI is InChI=1S/C22H28N4O/c1-5-27-19-12-10-18(11-13-19)26-15(3)20-14(2)24-25-22(21(20)16(26)4)23-17-8-6-7-9-17/h10-13,17H,5-9H2,1-4H3,(H,23,25). The quantitative estimate of drug-likeness (QED) is 0.684. The van der Waals surface area contributed by atoms with Crippen LogP contribution in [0.1, 0.15) is 49.7 Å². The highest BCUT2D eigenvalue weighted by Crippen LogP contribution is 2.35. The van der Waals surface area contributed by atoms with Crippen LogP contribution in [-0.2, 0) is 0 Å². The normalized spacial score (nSPS) is 14.8. The molecule has 27 heavy (non-hydrogen) atoms. The van der Waals surface area contributed by atoms with Crippen molar-refractivity contribution in [2.45, 2.75) is 59.4 Å². The molecule has 0 unspecified atom stereocenters. The SMILES string of the molecule is CCOc1ccc(-n2c(C)c3c(C)nnc(NC4CCCC4)c3c2C)cc1. The van der Waals surface area contributed by atoms with E-state index in [-0.39, 0.29) is 0 Å². The lowest BCUT2D eigenvalue weighted by molar-refractivity contribution is 0.340. The van der Waals surface area contributed by atoms with Gasteiger partial charge in [0.2, 0.25) is 0 Å². The molecule has 0 bridgehead atoms. The molecular weight excluding hydrogens is 336 g/mol. The summed E-state index contributed by atoms with van der Waals surface area (Å²) in [6.07, 6.45) is 5.03. The van der Waals surface area contributed by atoms with Gasteiger partial charge >= 0.3 is 0 Å². The average Bonchev–Trinajstić information content (AvgIpc) is 3.26. The van der Waals surface area contributed by atoms with Gasteiger partial charge in [0.05, 0.1) is 12.3 Å². The largest absolute Gasteiger partial charge is 0.494 e. The fourth-order valence-electron chi connectivity index (χ4n) is 4.40. The summed E-state index contributed by atoms with van der Waals surface area (Å²) in [4.78, 5) is 0. The molecule has 1 saturated carbocycles. The molecule has 0 amide bonds. The highest BCUT2D eigenvalue weighted by Gasteiger charge is 2.22. The van der Waals surface area contributed by atoms with Crippen LogP contribution in [0.5, 0.6) is 5.75 Å². The Balaban J connectivity index is 1.83. The number of nitrogens with one attached hydrogen (secondary N) is 1. The molecule has 142 valence electrons. The van der Waals surface area contributed by atoms with E-state index in [1.807, 2.05) is 26.0 Å². The minimum Gasteiger partial charge on any atom is -0.494 e. The minimum absolute atomic E-state index is 0.513. The first-order valence-electron chi connectivity index (χ1n) is 9.94. The highest BCUT2D eigenvalue weighted by atomic mass is 16.5. The number of rotatable bonds is 5. The van der Waals surface area contributed by atoms with Gasteiger partial charge in [-0.2, -0.15) is 5.10 Å². The summed E-state index contributed by atoms with van der Waals surface area (Å²) in [7, 11) is 0. The molecule has 1 aliphatic rings. The van der Waals surface area contributed by atoms with Crippen LogP contribution >= 0.6 is 0 Å². The number of hydrogen-bond donors (Lipinski definition) is 1. The van der Waals surface area contributed by atoms with E-state index in [9.17, 15) is 0 Å². The smallest absolute Gasteiger partial charge is 0.158 e. The lowest BCUT2D eigenvalue weighted by Crippen LogP contribution is -2.16. The van der Waals surface area contributed by atoms with Crippen LogP contribution < -0.4 is 10.1 Å². The lowest BCUT2D eigenvalue weighted by atomic mass is 10.1. The first-order valence-corrected chi connectivity index (χ1v) is 9.94. The van der Waals surface area contributed by atoms with Crippen molar-refractivity contribution in [3.63, 3.8) is 0 Å². The first kappa shape index (κ1) is 17.8. The van der Waals surface area contributed by atoms with Gasteiger partial charge in [0.25, 0.3) is 0 Å². The van der Waals surface area contributed by atoms with E-state index in [1.54, 1.807) is 0 Å². The summed E-state index contributed by atoms with van der Waals surface area (Å²) >= 11 is 0. The summed E-state index contributed by atoms with van der Waals surface area (Å²) in [6, 6.07) is 8.81. The highest BCUT2D eigenvalue weighted by molar-refractivity contribution is 5.98. The monoisotopic (exact) mass is 364 g/mol. The van der Waals surface area contributed by atoms with Crippen LogP contribution in [-0.4, -0.2) is 27.4 Å². The maximum absolute atomic E-state index is 5.59. The fraction of sp³-hybridized carbons (Fsp3) is 0.455. The van der Waals surface area contributed by atoms with Gasteiger partial charge < -0.3 is 14.6 Å². The summed E-state index contributed by atoms with van der Waals surface area (Å²) < 4.78 is 7.89. The van der Waals surface area contributed by atoms with Crippen molar-refractivity contribution >= 4 is 16.6 Å². The van der Waals surface area contributed by atoms with Crippen molar-refractivity contribution in [3.05, 3.63) is 41.3 Å². The number of nitrogens with zero attached hydrogens (tertiary/aromatic N) is 3. The Hall–Kier alpha value is -2.56. The number of fused-ring (bicyclic) bond motifs is 1. The number of hydrogen-bond acceptors (Lipinski definition) is 4. The Kier molecular flexibility index (Phi) is 4.77. The molecule has 0 aliphatic heterocycles. The first-order chi connectivity index (χ1) is 13.1. The summed E-state index contributed by atoms with van der Waals surface area (Å²) in [5.74, 6) is 1.82. The summed E-state index contributed by atoms with van der Waals surface area (Å²) in [5.41, 5.74) is 4.52. The summed E-state index contributed by atoms with van der Waals surface area (Å²) in [5, 5.41) is 15.0. The zero-order valence-electron chi connectivity index (χ0n) is 16.7. The number of anilines is 1. The van der Waals surface area contributed by atoms with Crippen molar-refractivity contribution in [3.8, 4) is 11.4 Å². The number of aromatic nitrogens is 3. The lowest BCUT2D eigenvalue weighted by Gasteiger charge is -2.14. The molecule has 0 spiro atoms. The third-order valence-corrected chi connectivity index (χ3v) is 5.64. The van der Waals surface area contributed by atoms with E-state index in [0.717, 1.165) is 22.9 Å². The maximum Gasteiger partial charge on any atom is 0.158 e. The van der Waals surface area contributed by atoms with Gasteiger partial charge in [-0.15, -0.1) is 5.10 Å². The molecule has 1 aromatic carbocycles.